The van der Waals surface area contributed by atoms with Crippen LogP contribution in [0.2, 0.25) is 0 Å². The molecule has 1 unspecified atom stereocenters. The Morgan fingerprint density at radius 2 is 1.82 bits per heavy atom. The molecule has 11 N–H and O–H groups in total. The number of hydrazine groups is 1. The van der Waals surface area contributed by atoms with E-state index in [4.69, 9.17) is 22.4 Å². The molecular weight excluding hydrogens is 466 g/mol. The largest absolute Gasteiger partial charge is 0.384 e. The molecule has 1 fully saturated rings. The Bertz CT molecular complexity index is 1050. The zero-order valence-corrected chi connectivity index (χ0v) is 20.6. The average molecular weight is 500 g/mol. The third-order valence-corrected chi connectivity index (χ3v) is 6.52. The van der Waals surface area contributed by atoms with Gasteiger partial charge in [0.2, 0.25) is 10.0 Å². The van der Waals surface area contributed by atoms with Gasteiger partial charge in [0, 0.05) is 17.3 Å². The molecule has 184 valence electrons. The molecule has 33 heavy (non-hydrogen) atoms. The van der Waals surface area contributed by atoms with E-state index in [0.29, 0.717) is 11.1 Å². The standard InChI is InChI=1S/C13H18N8O3S2.C4H9N.C2H6/c1-18-25(22)9-4-3-8(7-2-5-10(14)19-6-7)11(13(15)20-21-16)12(9)26(17,23)24;1-2-4-5-3-1;1-2/h2-6,18,21H,16H2,1H3,(H2,14,19)(H2,15,20)(H2,17,23,24);5H,1-4H2;1-2H3. The highest BCUT2D eigenvalue weighted by Crippen LogP contribution is 2.32. The van der Waals surface area contributed by atoms with Crippen LogP contribution in [0.25, 0.3) is 11.1 Å². The molecule has 0 amide bonds. The summed E-state index contributed by atoms with van der Waals surface area (Å²) in [7, 11) is -4.78. The predicted molar refractivity (Wildman–Crippen MR) is 132 cm³/mol. The maximum Gasteiger partial charge on any atom is 0.240 e. The van der Waals surface area contributed by atoms with Gasteiger partial charge in [0.1, 0.15) is 21.7 Å². The number of hydrogen-bond donors (Lipinski definition) is 7. The molecule has 1 saturated heterocycles. The van der Waals surface area contributed by atoms with Gasteiger partial charge in [-0.15, -0.1) is 5.10 Å². The van der Waals surface area contributed by atoms with Crippen LogP contribution in [0.5, 0.6) is 0 Å². The fourth-order valence-electron chi connectivity index (χ4n) is 2.91. The number of nitrogens with zero attached hydrogens (tertiary/aromatic N) is 2. The highest BCUT2D eigenvalue weighted by Gasteiger charge is 2.27. The van der Waals surface area contributed by atoms with Crippen LogP contribution >= 0.6 is 0 Å². The minimum Gasteiger partial charge on any atom is -0.384 e. The lowest BCUT2D eigenvalue weighted by Gasteiger charge is -2.17. The molecule has 0 saturated carbocycles. The van der Waals surface area contributed by atoms with E-state index < -0.39 is 25.9 Å². The molecule has 3 rings (SSSR count). The lowest BCUT2D eigenvalue weighted by Crippen LogP contribution is -2.28. The summed E-state index contributed by atoms with van der Waals surface area (Å²) in [6, 6.07) is 6.04. The number of hydrogen-bond acceptors (Lipinski definition) is 9. The SMILES string of the molecule is C1CCNC1.CC.CNS(=O)c1ccc(-c2ccc(N)nc2)c(/C(N)=N/NN)c1S(N)(=O)=O. The molecule has 0 radical (unpaired) electrons. The number of rotatable bonds is 6. The van der Waals surface area contributed by atoms with E-state index in [0.717, 1.165) is 0 Å². The average Bonchev–Trinajstić information content (AvgIpc) is 3.39. The number of aromatic nitrogens is 1. The van der Waals surface area contributed by atoms with Gasteiger partial charge in [-0.05, 0) is 56.7 Å². The molecule has 1 aromatic heterocycles. The Morgan fingerprint density at radius 1 is 1.18 bits per heavy atom. The van der Waals surface area contributed by atoms with Crippen LogP contribution < -0.4 is 38.0 Å². The second kappa shape index (κ2) is 13.8. The van der Waals surface area contributed by atoms with Crippen molar-refractivity contribution >= 4 is 32.7 Å². The maximum absolute atomic E-state index is 12.3. The van der Waals surface area contributed by atoms with Crippen LogP contribution in [0.1, 0.15) is 32.3 Å². The second-order valence-corrected chi connectivity index (χ2v) is 9.27. The number of nitrogens with one attached hydrogen (secondary N) is 3. The molecule has 12 nitrogen and oxygen atoms in total. The van der Waals surface area contributed by atoms with E-state index in [-0.39, 0.29) is 22.1 Å². The first-order valence-corrected chi connectivity index (χ1v) is 12.9. The van der Waals surface area contributed by atoms with Crippen LogP contribution in [-0.2, 0) is 21.0 Å². The van der Waals surface area contributed by atoms with Crippen molar-refractivity contribution in [3.05, 3.63) is 36.0 Å². The summed E-state index contributed by atoms with van der Waals surface area (Å²) in [6.45, 7) is 6.50. The molecule has 1 aliphatic heterocycles. The fourth-order valence-corrected chi connectivity index (χ4v) is 5.02. The molecule has 0 spiro atoms. The topological polar surface area (TPSA) is 217 Å². The van der Waals surface area contributed by atoms with Gasteiger partial charge in [-0.1, -0.05) is 19.9 Å². The van der Waals surface area contributed by atoms with Crippen LogP contribution in [-0.4, -0.2) is 43.6 Å². The highest BCUT2D eigenvalue weighted by atomic mass is 32.2. The summed E-state index contributed by atoms with van der Waals surface area (Å²) in [6.07, 6.45) is 4.21. The quantitative estimate of drug-likeness (QED) is 0.120. The number of primary sulfonamides is 1. The molecule has 2 aromatic rings. The third-order valence-electron chi connectivity index (χ3n) is 4.29. The summed E-state index contributed by atoms with van der Waals surface area (Å²) in [5.74, 6) is 5.17. The van der Waals surface area contributed by atoms with Gasteiger partial charge in [0.15, 0.2) is 5.84 Å². The first-order valence-electron chi connectivity index (χ1n) is 10.2. The monoisotopic (exact) mass is 499 g/mol. The van der Waals surface area contributed by atoms with Crippen LogP contribution in [0.4, 0.5) is 5.82 Å². The lowest BCUT2D eigenvalue weighted by molar-refractivity contribution is 0.594. The zero-order chi connectivity index (χ0) is 25.0. The summed E-state index contributed by atoms with van der Waals surface area (Å²) < 4.78 is 39.2. The summed E-state index contributed by atoms with van der Waals surface area (Å²) >= 11 is 0. The smallest absolute Gasteiger partial charge is 0.240 e. The Morgan fingerprint density at radius 3 is 2.24 bits per heavy atom. The van der Waals surface area contributed by atoms with Crippen molar-refractivity contribution in [1.82, 2.24) is 20.6 Å². The van der Waals surface area contributed by atoms with E-state index in [2.05, 4.69) is 20.1 Å². The van der Waals surface area contributed by atoms with Crippen molar-refractivity contribution in [3.8, 4) is 11.1 Å². The van der Waals surface area contributed by atoms with Crippen LogP contribution in [0.15, 0.2) is 45.4 Å². The second-order valence-electron chi connectivity index (χ2n) is 6.39. The number of anilines is 1. The Labute approximate surface area is 197 Å². The van der Waals surface area contributed by atoms with Crippen molar-refractivity contribution in [1.29, 1.82) is 0 Å². The number of nitrogen functional groups attached to an aromatic ring is 1. The van der Waals surface area contributed by atoms with Gasteiger partial charge >= 0.3 is 0 Å². The van der Waals surface area contributed by atoms with Gasteiger partial charge in [0.05, 0.1) is 4.90 Å². The van der Waals surface area contributed by atoms with Gasteiger partial charge in [-0.2, -0.15) is 0 Å². The minimum atomic E-state index is -4.33. The molecule has 14 heteroatoms. The van der Waals surface area contributed by atoms with Crippen molar-refractivity contribution in [2.45, 2.75) is 36.5 Å². The molecule has 2 heterocycles. The first-order chi connectivity index (χ1) is 15.7. The van der Waals surface area contributed by atoms with Gasteiger partial charge in [0.25, 0.3) is 0 Å². The first kappa shape index (κ1) is 28.4. The minimum absolute atomic E-state index is 0.0573. The van der Waals surface area contributed by atoms with Crippen LogP contribution in [0.3, 0.4) is 0 Å². The molecule has 1 aromatic carbocycles. The summed E-state index contributed by atoms with van der Waals surface area (Å²) in [5.41, 5.74) is 14.3. The van der Waals surface area contributed by atoms with Crippen molar-refractivity contribution in [2.24, 2.45) is 21.8 Å². The zero-order valence-electron chi connectivity index (χ0n) is 19.0. The van der Waals surface area contributed by atoms with Crippen LogP contribution in [0, 0.1) is 0 Å². The number of sulfonamides is 1. The van der Waals surface area contributed by atoms with E-state index in [1.165, 1.54) is 57.4 Å². The molecule has 0 aliphatic carbocycles. The van der Waals surface area contributed by atoms with Gasteiger partial charge in [-0.3, -0.25) is 0 Å². The molecule has 1 atom stereocenters. The van der Waals surface area contributed by atoms with Gasteiger partial charge in [-0.25, -0.2) is 38.8 Å². The number of pyridine rings is 1. The van der Waals surface area contributed by atoms with Gasteiger partial charge < -0.3 is 16.8 Å². The maximum atomic E-state index is 12.3. The number of hydrazone groups is 1. The normalized spacial score (nSPS) is 14.4. The molecular formula is C19H33N9O3S2. The Kier molecular flexibility index (Phi) is 11.9. The lowest BCUT2D eigenvalue weighted by atomic mass is 10.0. The van der Waals surface area contributed by atoms with E-state index in [1.54, 1.807) is 6.07 Å². The van der Waals surface area contributed by atoms with E-state index >= 15 is 0 Å². The van der Waals surface area contributed by atoms with Crippen molar-refractivity contribution in [2.75, 3.05) is 25.9 Å². The fraction of sp³-hybridized carbons (Fsp3) is 0.368. The summed E-state index contributed by atoms with van der Waals surface area (Å²) in [5, 5.41) is 12.2. The predicted octanol–water partition coefficient (Wildman–Crippen LogP) is -0.300. The highest BCUT2D eigenvalue weighted by molar-refractivity contribution is 7.90. The number of benzene rings is 1. The van der Waals surface area contributed by atoms with E-state index in [1.807, 2.05) is 19.4 Å². The van der Waals surface area contributed by atoms with Crippen molar-refractivity contribution in [3.63, 3.8) is 0 Å². The number of amidine groups is 1. The van der Waals surface area contributed by atoms with E-state index in [9.17, 15) is 12.6 Å². The summed E-state index contributed by atoms with van der Waals surface area (Å²) in [4.78, 5) is 3.46. The molecule has 1 aliphatic rings. The molecule has 0 bridgehead atoms. The Balaban J connectivity index is 0.000000671. The third kappa shape index (κ3) is 8.03. The van der Waals surface area contributed by atoms with Crippen molar-refractivity contribution < 1.29 is 12.6 Å². The number of nitrogens with two attached hydrogens (primary N) is 4. The Hall–Kier alpha value is -2.62.